The zero-order valence-corrected chi connectivity index (χ0v) is 26.1. The summed E-state index contributed by atoms with van der Waals surface area (Å²) in [4.78, 5) is 3.67. The molecule has 3 heterocycles. The molecule has 0 bridgehead atoms. The number of para-hydroxylation sites is 3. The minimum absolute atomic E-state index is 0.575. The summed E-state index contributed by atoms with van der Waals surface area (Å²) in [5.74, 6) is 0. The second-order valence-corrected chi connectivity index (χ2v) is 12.4. The molecule has 10 aromatic rings. The predicted molar refractivity (Wildman–Crippen MR) is 199 cm³/mol. The quantitative estimate of drug-likeness (QED) is 0.184. The lowest BCUT2D eigenvalue weighted by molar-refractivity contribution is 0.673. The number of nitrogens with zero attached hydrogens (tertiary/aromatic N) is 4. The first-order chi connectivity index (χ1) is 24.2. The first-order valence-corrected chi connectivity index (χ1v) is 16.1. The Bertz CT molecular complexity index is 3090. The smallest absolute Gasteiger partial charge is 0.188 e. The Morgan fingerprint density at radius 3 is 2.06 bits per heavy atom. The third kappa shape index (κ3) is 3.91. The zero-order valence-electron chi connectivity index (χ0n) is 26.1. The van der Waals surface area contributed by atoms with Crippen molar-refractivity contribution in [2.75, 3.05) is 0 Å². The molecule has 0 aliphatic rings. The Morgan fingerprint density at radius 2 is 1.22 bits per heavy atom. The van der Waals surface area contributed by atoms with Crippen LogP contribution in [0.2, 0.25) is 0 Å². The maximum absolute atomic E-state index is 10.2. The van der Waals surface area contributed by atoms with E-state index in [1.807, 2.05) is 54.6 Å². The highest BCUT2D eigenvalue weighted by atomic mass is 16.3. The second kappa shape index (κ2) is 10.2. The van der Waals surface area contributed by atoms with Crippen LogP contribution in [-0.4, -0.2) is 9.13 Å². The van der Waals surface area contributed by atoms with E-state index in [-0.39, 0.29) is 0 Å². The molecule has 0 aliphatic carbocycles. The van der Waals surface area contributed by atoms with Crippen LogP contribution in [0.15, 0.2) is 150 Å². The van der Waals surface area contributed by atoms with Gasteiger partial charge in [0, 0.05) is 32.9 Å². The van der Waals surface area contributed by atoms with Crippen molar-refractivity contribution < 1.29 is 4.42 Å². The summed E-state index contributed by atoms with van der Waals surface area (Å²) < 4.78 is 11.0. The average Bonchev–Trinajstić information content (AvgIpc) is 3.82. The van der Waals surface area contributed by atoms with Gasteiger partial charge in [-0.25, -0.2) is 4.85 Å². The molecule has 226 valence electrons. The Labute approximate surface area is 280 Å². The van der Waals surface area contributed by atoms with Gasteiger partial charge in [0.1, 0.15) is 11.2 Å². The number of nitriles is 1. The molecule has 7 aromatic carbocycles. The zero-order chi connectivity index (χ0) is 32.6. The third-order valence-electron chi connectivity index (χ3n) is 9.71. The van der Waals surface area contributed by atoms with Gasteiger partial charge in [-0.3, -0.25) is 0 Å². The van der Waals surface area contributed by atoms with Crippen LogP contribution in [0, 0.1) is 17.9 Å². The molecule has 5 heteroatoms. The van der Waals surface area contributed by atoms with Crippen molar-refractivity contribution in [3.05, 3.63) is 163 Å². The molecule has 0 saturated heterocycles. The Kier molecular flexibility index (Phi) is 5.64. The summed E-state index contributed by atoms with van der Waals surface area (Å²) in [5.41, 5.74) is 11.0. The maximum atomic E-state index is 10.2. The molecule has 0 fully saturated rings. The minimum Gasteiger partial charge on any atom is -0.455 e. The highest BCUT2D eigenvalue weighted by Crippen LogP contribution is 2.41. The van der Waals surface area contributed by atoms with Crippen LogP contribution < -0.4 is 0 Å². The fourth-order valence-electron chi connectivity index (χ4n) is 7.62. The molecule has 0 radical (unpaired) electrons. The summed E-state index contributed by atoms with van der Waals surface area (Å²) in [5, 5.41) is 16.7. The molecule has 49 heavy (non-hydrogen) atoms. The molecule has 0 amide bonds. The molecule has 3 aromatic heterocycles. The van der Waals surface area contributed by atoms with Gasteiger partial charge in [0.05, 0.1) is 45.7 Å². The van der Waals surface area contributed by atoms with E-state index in [0.29, 0.717) is 11.3 Å². The maximum Gasteiger partial charge on any atom is 0.188 e. The van der Waals surface area contributed by atoms with Gasteiger partial charge in [-0.2, -0.15) is 5.26 Å². The molecule has 10 rings (SSSR count). The van der Waals surface area contributed by atoms with Crippen molar-refractivity contribution in [2.24, 2.45) is 0 Å². The lowest BCUT2D eigenvalue weighted by Crippen LogP contribution is -1.97. The predicted octanol–water partition coefficient (Wildman–Crippen LogP) is 11.9. The van der Waals surface area contributed by atoms with Gasteiger partial charge in [-0.05, 0) is 89.3 Å². The van der Waals surface area contributed by atoms with E-state index in [1.165, 1.54) is 0 Å². The van der Waals surface area contributed by atoms with Gasteiger partial charge in [-0.1, -0.05) is 72.8 Å². The van der Waals surface area contributed by atoms with Crippen LogP contribution in [0.4, 0.5) is 5.69 Å². The van der Waals surface area contributed by atoms with Crippen LogP contribution >= 0.6 is 0 Å². The first kappa shape index (κ1) is 27.1. The van der Waals surface area contributed by atoms with Crippen molar-refractivity contribution in [1.29, 1.82) is 5.26 Å². The Hall–Kier alpha value is -7.08. The fourth-order valence-corrected chi connectivity index (χ4v) is 7.62. The van der Waals surface area contributed by atoms with E-state index in [2.05, 4.69) is 111 Å². The number of rotatable bonds is 3. The van der Waals surface area contributed by atoms with Gasteiger partial charge in [0.2, 0.25) is 0 Å². The van der Waals surface area contributed by atoms with Crippen LogP contribution in [0.3, 0.4) is 0 Å². The monoisotopic (exact) mass is 624 g/mol. The van der Waals surface area contributed by atoms with Gasteiger partial charge in [0.25, 0.3) is 0 Å². The van der Waals surface area contributed by atoms with E-state index >= 15 is 0 Å². The van der Waals surface area contributed by atoms with Crippen molar-refractivity contribution in [1.82, 2.24) is 9.13 Å². The van der Waals surface area contributed by atoms with Crippen LogP contribution in [-0.2, 0) is 0 Å². The molecular weight excluding hydrogens is 601 g/mol. The lowest BCUT2D eigenvalue weighted by Gasteiger charge is -2.13. The Morgan fingerprint density at radius 1 is 0.531 bits per heavy atom. The molecule has 0 saturated carbocycles. The number of furan rings is 1. The van der Waals surface area contributed by atoms with Gasteiger partial charge in [-0.15, -0.1) is 0 Å². The van der Waals surface area contributed by atoms with Crippen molar-refractivity contribution in [3.63, 3.8) is 0 Å². The lowest BCUT2D eigenvalue weighted by atomic mass is 10.0. The average molecular weight is 625 g/mol. The Balaban J connectivity index is 1.19. The summed E-state index contributed by atoms with van der Waals surface area (Å²) in [7, 11) is 0. The highest BCUT2D eigenvalue weighted by molar-refractivity contribution is 6.23. The number of fused-ring (bicyclic) bond motifs is 10. The van der Waals surface area contributed by atoms with Crippen molar-refractivity contribution >= 4 is 71.2 Å². The van der Waals surface area contributed by atoms with Crippen LogP contribution in [0.1, 0.15) is 5.56 Å². The van der Waals surface area contributed by atoms with Crippen LogP contribution in [0.5, 0.6) is 0 Å². The molecule has 0 N–H and O–H groups in total. The standard InChI is InChI=1S/C44H24N4O/c1-46-30-17-19-40-37(25-30)33-11-2-5-14-38(33)48(40)32-22-27(26-45)21-29(24-32)28-9-8-10-31(23-28)47-39-15-6-3-13-36(39)43-41(47)20-18-35-34-12-4-7-16-42(34)49-44(35)43/h2-25H. The van der Waals surface area contributed by atoms with E-state index in [1.54, 1.807) is 0 Å². The van der Waals surface area contributed by atoms with Crippen LogP contribution in [0.25, 0.3) is 92.9 Å². The number of hydrogen-bond acceptors (Lipinski definition) is 2. The summed E-state index contributed by atoms with van der Waals surface area (Å²) in [6.45, 7) is 7.57. The molecule has 0 unspecified atom stereocenters. The number of hydrogen-bond donors (Lipinski definition) is 0. The fraction of sp³-hybridized carbons (Fsp3) is 0. The minimum atomic E-state index is 0.575. The van der Waals surface area contributed by atoms with E-state index in [4.69, 9.17) is 11.0 Å². The SMILES string of the molecule is [C-]#[N+]c1ccc2c(c1)c1ccccc1n2-c1cc(C#N)cc(-c2cccc(-n3c4ccccc4c4c5oc6ccccc6c5ccc43)c2)c1. The van der Waals surface area contributed by atoms with E-state index in [0.717, 1.165) is 88.1 Å². The van der Waals surface area contributed by atoms with Gasteiger partial charge >= 0.3 is 0 Å². The molecule has 5 nitrogen and oxygen atoms in total. The molecule has 0 aliphatic heterocycles. The first-order valence-electron chi connectivity index (χ1n) is 16.1. The molecule has 0 atom stereocenters. The molecular formula is C44H24N4O. The van der Waals surface area contributed by atoms with E-state index in [9.17, 15) is 5.26 Å². The number of aromatic nitrogens is 2. The van der Waals surface area contributed by atoms with Crippen molar-refractivity contribution in [2.45, 2.75) is 0 Å². The topological polar surface area (TPSA) is 51.1 Å². The second-order valence-electron chi connectivity index (χ2n) is 12.4. The molecule has 0 spiro atoms. The third-order valence-corrected chi connectivity index (χ3v) is 9.71. The van der Waals surface area contributed by atoms with Crippen molar-refractivity contribution in [3.8, 4) is 28.6 Å². The summed E-state index contributed by atoms with van der Waals surface area (Å²) >= 11 is 0. The summed E-state index contributed by atoms with van der Waals surface area (Å²) in [6.07, 6.45) is 0. The normalized spacial score (nSPS) is 11.6. The largest absolute Gasteiger partial charge is 0.455 e. The highest BCUT2D eigenvalue weighted by Gasteiger charge is 2.19. The number of benzene rings is 7. The summed E-state index contributed by atoms with van der Waals surface area (Å²) in [6, 6.07) is 52.0. The van der Waals surface area contributed by atoms with Gasteiger partial charge < -0.3 is 13.6 Å². The van der Waals surface area contributed by atoms with Gasteiger partial charge in [0.15, 0.2) is 5.69 Å². The van der Waals surface area contributed by atoms with E-state index < -0.39 is 0 Å².